The molecule has 1 aliphatic rings. The molecule has 5 nitrogen and oxygen atoms in total. The van der Waals surface area contributed by atoms with Crippen molar-refractivity contribution in [1.82, 2.24) is 0 Å². The highest BCUT2D eigenvalue weighted by atomic mass is 16.3. The largest absolute Gasteiger partial charge is 0.504 e. The van der Waals surface area contributed by atoms with E-state index in [9.17, 15) is 25.5 Å². The maximum Gasteiger partial charge on any atom is 0.157 e. The molecule has 0 radical (unpaired) electrons. The molecule has 2 aromatic carbocycles. The van der Waals surface area contributed by atoms with Crippen LogP contribution in [0.25, 0.3) is 6.08 Å². The van der Waals surface area contributed by atoms with E-state index in [1.54, 1.807) is 24.3 Å². The van der Waals surface area contributed by atoms with E-state index in [-0.39, 0.29) is 28.9 Å². The fourth-order valence-corrected chi connectivity index (χ4v) is 3.11. The molecule has 0 aliphatic heterocycles. The van der Waals surface area contributed by atoms with Crippen molar-refractivity contribution in [3.63, 3.8) is 0 Å². The highest BCUT2D eigenvalue weighted by Crippen LogP contribution is 2.38. The lowest BCUT2D eigenvalue weighted by Gasteiger charge is -2.16. The van der Waals surface area contributed by atoms with Crippen LogP contribution in [0.3, 0.4) is 0 Å². The van der Waals surface area contributed by atoms with E-state index in [4.69, 9.17) is 0 Å². The first-order valence-corrected chi connectivity index (χ1v) is 7.87. The Kier molecular flexibility index (Phi) is 4.36. The molecule has 0 saturated heterocycles. The van der Waals surface area contributed by atoms with Crippen LogP contribution in [-0.4, -0.2) is 31.6 Å². The molecule has 126 valence electrons. The molecule has 24 heavy (non-hydrogen) atoms. The van der Waals surface area contributed by atoms with Gasteiger partial charge in [-0.15, -0.1) is 0 Å². The Morgan fingerprint density at radius 2 is 1.58 bits per heavy atom. The molecule has 5 N–H and O–H groups in total. The van der Waals surface area contributed by atoms with E-state index >= 15 is 0 Å². The molecule has 0 fully saturated rings. The first kappa shape index (κ1) is 16.2. The van der Waals surface area contributed by atoms with E-state index in [2.05, 4.69) is 0 Å². The summed E-state index contributed by atoms with van der Waals surface area (Å²) in [5, 5.41) is 48.5. The van der Waals surface area contributed by atoms with Gasteiger partial charge in [-0.3, -0.25) is 0 Å². The van der Waals surface area contributed by atoms with Crippen LogP contribution in [0.15, 0.2) is 36.4 Å². The molecule has 0 saturated carbocycles. The van der Waals surface area contributed by atoms with Gasteiger partial charge in [0.15, 0.2) is 23.0 Å². The zero-order chi connectivity index (χ0) is 17.3. The average molecular weight is 328 g/mol. The Hall–Kier alpha value is -2.66. The summed E-state index contributed by atoms with van der Waals surface area (Å²) in [6.07, 6.45) is 4.98. The van der Waals surface area contributed by atoms with Gasteiger partial charge in [0.05, 0.1) is 6.10 Å². The number of benzene rings is 2. The van der Waals surface area contributed by atoms with Crippen LogP contribution in [0.1, 0.15) is 35.4 Å². The van der Waals surface area contributed by atoms with Crippen LogP contribution in [0.2, 0.25) is 0 Å². The third-order valence-corrected chi connectivity index (χ3v) is 4.43. The van der Waals surface area contributed by atoms with Gasteiger partial charge in [0.1, 0.15) is 0 Å². The molecule has 0 heterocycles. The summed E-state index contributed by atoms with van der Waals surface area (Å²) in [6.45, 7) is 0. The van der Waals surface area contributed by atoms with Crippen LogP contribution in [0, 0.1) is 0 Å². The Labute approximate surface area is 139 Å². The molecule has 2 aromatic rings. The monoisotopic (exact) mass is 328 g/mol. The number of phenols is 4. The van der Waals surface area contributed by atoms with Crippen molar-refractivity contribution in [3.8, 4) is 23.0 Å². The number of aromatic hydroxyl groups is 4. The first-order valence-electron chi connectivity index (χ1n) is 7.87. The lowest BCUT2D eigenvalue weighted by Crippen LogP contribution is -2.08. The number of fused-ring (bicyclic) bond motifs is 1. The Balaban J connectivity index is 1.95. The maximum atomic E-state index is 10.1. The van der Waals surface area contributed by atoms with Crippen molar-refractivity contribution in [1.29, 1.82) is 0 Å². The topological polar surface area (TPSA) is 101 Å². The lowest BCUT2D eigenvalue weighted by atomic mass is 9.91. The minimum absolute atomic E-state index is 0.125. The van der Waals surface area contributed by atoms with Crippen molar-refractivity contribution in [2.24, 2.45) is 0 Å². The second-order valence-electron chi connectivity index (χ2n) is 6.18. The molecule has 0 aromatic heterocycles. The normalized spacial score (nSPS) is 20.7. The standard InChI is InChI=1S/C19H20O5/c20-14-5-4-13-9-18(23)19(24)10-15(13)12(8-14)3-1-11-2-6-16(21)17(22)7-11/h1-3,6-7,9-10,12,14,20-24H,4-5,8H2/t12-,14-/m0/s1. The van der Waals surface area contributed by atoms with Gasteiger partial charge in [0.25, 0.3) is 0 Å². The second kappa shape index (κ2) is 6.45. The van der Waals surface area contributed by atoms with Crippen molar-refractivity contribution < 1.29 is 25.5 Å². The molecule has 3 rings (SSSR count). The van der Waals surface area contributed by atoms with Crippen LogP contribution in [0.5, 0.6) is 23.0 Å². The van der Waals surface area contributed by atoms with Gasteiger partial charge in [0.2, 0.25) is 0 Å². The summed E-state index contributed by atoms with van der Waals surface area (Å²) < 4.78 is 0. The van der Waals surface area contributed by atoms with E-state index in [1.807, 2.05) is 6.08 Å². The maximum absolute atomic E-state index is 10.1. The molecule has 0 unspecified atom stereocenters. The van der Waals surface area contributed by atoms with E-state index in [1.165, 1.54) is 12.1 Å². The van der Waals surface area contributed by atoms with Gasteiger partial charge >= 0.3 is 0 Å². The molecule has 1 aliphatic carbocycles. The van der Waals surface area contributed by atoms with Gasteiger partial charge in [-0.2, -0.15) is 0 Å². The number of hydrogen-bond acceptors (Lipinski definition) is 5. The Morgan fingerprint density at radius 1 is 0.875 bits per heavy atom. The molecular formula is C19H20O5. The van der Waals surface area contributed by atoms with Gasteiger partial charge in [-0.25, -0.2) is 0 Å². The fourth-order valence-electron chi connectivity index (χ4n) is 3.11. The van der Waals surface area contributed by atoms with E-state index < -0.39 is 6.10 Å². The van der Waals surface area contributed by atoms with E-state index in [0.717, 1.165) is 11.1 Å². The summed E-state index contributed by atoms with van der Waals surface area (Å²) in [7, 11) is 0. The summed E-state index contributed by atoms with van der Waals surface area (Å²) in [4.78, 5) is 0. The Bertz CT molecular complexity index is 782. The summed E-state index contributed by atoms with van der Waals surface area (Å²) in [5.74, 6) is -0.828. The first-order chi connectivity index (χ1) is 11.4. The van der Waals surface area contributed by atoms with Crippen molar-refractivity contribution >= 4 is 6.08 Å². The van der Waals surface area contributed by atoms with Gasteiger partial charge < -0.3 is 25.5 Å². The average Bonchev–Trinajstić information content (AvgIpc) is 2.69. The van der Waals surface area contributed by atoms with Crippen molar-refractivity contribution in [3.05, 3.63) is 53.1 Å². The summed E-state index contributed by atoms with van der Waals surface area (Å²) >= 11 is 0. The quantitative estimate of drug-likeness (QED) is 0.431. The molecule has 2 atom stereocenters. The minimum atomic E-state index is -0.468. The molecular weight excluding hydrogens is 308 g/mol. The molecule has 0 bridgehead atoms. The van der Waals surface area contributed by atoms with Crippen molar-refractivity contribution in [2.45, 2.75) is 31.3 Å². The second-order valence-corrected chi connectivity index (χ2v) is 6.18. The minimum Gasteiger partial charge on any atom is -0.504 e. The highest BCUT2D eigenvalue weighted by molar-refractivity contribution is 5.57. The third-order valence-electron chi connectivity index (χ3n) is 4.43. The van der Waals surface area contributed by atoms with Crippen molar-refractivity contribution in [2.75, 3.05) is 0 Å². The van der Waals surface area contributed by atoms with Crippen LogP contribution >= 0.6 is 0 Å². The fraction of sp³-hybridized carbons (Fsp3) is 0.263. The number of aryl methyl sites for hydroxylation is 1. The zero-order valence-corrected chi connectivity index (χ0v) is 13.1. The molecule has 5 heteroatoms. The van der Waals surface area contributed by atoms with Crippen LogP contribution in [-0.2, 0) is 6.42 Å². The Morgan fingerprint density at radius 3 is 2.33 bits per heavy atom. The van der Waals surface area contributed by atoms with Gasteiger partial charge in [-0.1, -0.05) is 18.2 Å². The van der Waals surface area contributed by atoms with Gasteiger partial charge in [0, 0.05) is 5.92 Å². The molecule has 0 amide bonds. The number of rotatable bonds is 2. The predicted molar refractivity (Wildman–Crippen MR) is 90.3 cm³/mol. The SMILES string of the molecule is Oc1ccc(C=C[C@H]2C[C@@H](O)CCc3cc(O)c(O)cc32)cc1O. The predicted octanol–water partition coefficient (Wildman–Crippen LogP) is 3.00. The number of hydrogen-bond donors (Lipinski definition) is 5. The lowest BCUT2D eigenvalue weighted by molar-refractivity contribution is 0.154. The number of allylic oxidation sites excluding steroid dienone is 1. The number of aliphatic hydroxyl groups is 1. The molecule has 0 spiro atoms. The number of phenolic OH excluding ortho intramolecular Hbond substituents is 4. The zero-order valence-electron chi connectivity index (χ0n) is 13.1. The smallest absolute Gasteiger partial charge is 0.157 e. The van der Waals surface area contributed by atoms with E-state index in [0.29, 0.717) is 24.8 Å². The van der Waals surface area contributed by atoms with Gasteiger partial charge in [-0.05, 0) is 60.2 Å². The van der Waals surface area contributed by atoms with Crippen LogP contribution in [0.4, 0.5) is 0 Å². The highest BCUT2D eigenvalue weighted by Gasteiger charge is 2.23. The van der Waals surface area contributed by atoms with Crippen LogP contribution < -0.4 is 0 Å². The summed E-state index contributed by atoms with van der Waals surface area (Å²) in [5.41, 5.74) is 2.50. The third kappa shape index (κ3) is 3.31. The summed E-state index contributed by atoms with van der Waals surface area (Å²) in [6, 6.07) is 7.64. The number of aliphatic hydroxyl groups excluding tert-OH is 1.